The molecule has 0 atom stereocenters. The highest BCUT2D eigenvalue weighted by molar-refractivity contribution is 5.99. The quantitative estimate of drug-likeness (QED) is 0.269. The van der Waals surface area contributed by atoms with Crippen LogP contribution in [0.1, 0.15) is 45.3 Å². The van der Waals surface area contributed by atoms with Gasteiger partial charge >= 0.3 is 5.97 Å². The van der Waals surface area contributed by atoms with E-state index < -0.39 is 11.8 Å². The first kappa shape index (κ1) is 21.3. The fourth-order valence-electron chi connectivity index (χ4n) is 3.24. The number of benzene rings is 1. The molecule has 7 nitrogen and oxygen atoms in total. The molecule has 0 unspecified atom stereocenters. The van der Waals surface area contributed by atoms with Gasteiger partial charge in [-0.25, -0.2) is 4.79 Å². The molecule has 158 valence electrons. The minimum absolute atomic E-state index is 0.294. The van der Waals surface area contributed by atoms with Crippen molar-refractivity contribution >= 4 is 22.7 Å². The van der Waals surface area contributed by atoms with Crippen LogP contribution in [0.5, 0.6) is 0 Å². The second kappa shape index (κ2) is 9.89. The van der Waals surface area contributed by atoms with Crippen molar-refractivity contribution in [2.45, 2.75) is 45.3 Å². The number of unbranched alkanes of at least 4 members (excludes halogenated alkanes) is 2. The smallest absolute Gasteiger partial charge is 0.366 e. The summed E-state index contributed by atoms with van der Waals surface area (Å²) in [5, 5.41) is 5.21. The second-order valence-corrected chi connectivity index (χ2v) is 7.43. The summed E-state index contributed by atoms with van der Waals surface area (Å²) in [6.45, 7) is 5.05. The number of rotatable bonds is 9. The topological polar surface area (TPSA) is 79.5 Å². The summed E-state index contributed by atoms with van der Waals surface area (Å²) in [6.07, 6.45) is 3.98. The van der Waals surface area contributed by atoms with Crippen LogP contribution in [0.3, 0.4) is 0 Å². The molecule has 0 spiro atoms. The van der Waals surface area contributed by atoms with Crippen LogP contribution < -0.4 is 0 Å². The first-order valence-electron chi connectivity index (χ1n) is 10.0. The molecule has 0 radical (unpaired) electrons. The summed E-state index contributed by atoms with van der Waals surface area (Å²) in [6, 6.07) is 9.84. The normalized spacial score (nSPS) is 22.6. The Kier molecular flexibility index (Phi) is 7.28. The molecule has 0 saturated carbocycles. The lowest BCUT2D eigenvalue weighted by Gasteiger charge is -2.35. The van der Waals surface area contributed by atoms with Gasteiger partial charge in [0.05, 0.1) is 20.3 Å². The van der Waals surface area contributed by atoms with Gasteiger partial charge in [-0.05, 0) is 38.3 Å². The van der Waals surface area contributed by atoms with Crippen molar-refractivity contribution in [3.63, 3.8) is 0 Å². The van der Waals surface area contributed by atoms with Crippen LogP contribution in [-0.2, 0) is 23.8 Å². The fourth-order valence-corrected chi connectivity index (χ4v) is 3.24. The van der Waals surface area contributed by atoms with Crippen molar-refractivity contribution in [1.82, 2.24) is 0 Å². The molecular formula is C22H29NO6. The number of hydrogen-bond acceptors (Lipinski definition) is 7. The Morgan fingerprint density at radius 2 is 1.97 bits per heavy atom. The van der Waals surface area contributed by atoms with Gasteiger partial charge in [-0.1, -0.05) is 29.8 Å². The van der Waals surface area contributed by atoms with Crippen molar-refractivity contribution in [2.75, 3.05) is 26.9 Å². The van der Waals surface area contributed by atoms with E-state index in [1.54, 1.807) is 6.92 Å². The summed E-state index contributed by atoms with van der Waals surface area (Å²) in [5.74, 6) is -0.745. The lowest BCUT2D eigenvalue weighted by molar-refractivity contribution is -0.272. The molecular weight excluding hydrogens is 374 g/mol. The van der Waals surface area contributed by atoms with Crippen LogP contribution >= 0.6 is 0 Å². The number of ether oxygens (including phenoxy) is 3. The maximum absolute atomic E-state index is 11.6. The number of fused-ring (bicyclic) bond motifs is 1. The van der Waals surface area contributed by atoms with Gasteiger partial charge in [-0.3, -0.25) is 0 Å². The fraction of sp³-hybridized carbons (Fsp3) is 0.545. The van der Waals surface area contributed by atoms with E-state index in [4.69, 9.17) is 23.5 Å². The monoisotopic (exact) mass is 403 g/mol. The highest BCUT2D eigenvalue weighted by atomic mass is 16.7. The summed E-state index contributed by atoms with van der Waals surface area (Å²) >= 11 is 0. The van der Waals surface area contributed by atoms with Gasteiger partial charge in [0.25, 0.3) is 5.79 Å². The van der Waals surface area contributed by atoms with Crippen molar-refractivity contribution in [3.05, 3.63) is 36.1 Å². The molecule has 1 aliphatic heterocycles. The van der Waals surface area contributed by atoms with Gasteiger partial charge in [0.1, 0.15) is 17.9 Å². The van der Waals surface area contributed by atoms with Crippen molar-refractivity contribution < 1.29 is 28.3 Å². The highest BCUT2D eigenvalue weighted by Crippen LogP contribution is 2.25. The first-order valence-corrected chi connectivity index (χ1v) is 10.0. The summed E-state index contributed by atoms with van der Waals surface area (Å²) < 4.78 is 21.6. The van der Waals surface area contributed by atoms with E-state index in [9.17, 15) is 4.79 Å². The van der Waals surface area contributed by atoms with Crippen LogP contribution in [0.2, 0.25) is 0 Å². The molecule has 29 heavy (non-hydrogen) atoms. The van der Waals surface area contributed by atoms with Crippen molar-refractivity contribution in [1.29, 1.82) is 0 Å². The average molecular weight is 403 g/mol. The minimum Gasteiger partial charge on any atom is -0.465 e. The molecule has 0 amide bonds. The van der Waals surface area contributed by atoms with E-state index in [1.807, 2.05) is 37.3 Å². The van der Waals surface area contributed by atoms with Gasteiger partial charge in [0, 0.05) is 18.2 Å². The van der Waals surface area contributed by atoms with Gasteiger partial charge < -0.3 is 23.5 Å². The van der Waals surface area contributed by atoms with E-state index in [-0.39, 0.29) is 0 Å². The predicted molar refractivity (Wildman–Crippen MR) is 109 cm³/mol. The Labute approximate surface area is 170 Å². The lowest BCUT2D eigenvalue weighted by Crippen LogP contribution is -2.48. The van der Waals surface area contributed by atoms with Crippen LogP contribution in [-0.4, -0.2) is 44.4 Å². The van der Waals surface area contributed by atoms with Gasteiger partial charge in [-0.15, -0.1) is 0 Å². The molecule has 0 N–H and O–H groups in total. The van der Waals surface area contributed by atoms with Crippen molar-refractivity contribution in [2.24, 2.45) is 11.1 Å². The van der Waals surface area contributed by atoms with Crippen LogP contribution in [0.4, 0.5) is 0 Å². The van der Waals surface area contributed by atoms with Crippen LogP contribution in [0.15, 0.2) is 39.9 Å². The highest BCUT2D eigenvalue weighted by Gasteiger charge is 2.41. The molecule has 2 heterocycles. The molecule has 3 rings (SSSR count). The van der Waals surface area contributed by atoms with Crippen LogP contribution in [0, 0.1) is 5.92 Å². The third kappa shape index (κ3) is 5.58. The number of oxime groups is 1. The number of esters is 1. The standard InChI is InChI=1S/C22H29NO6/c1-16(20-13-18-10-6-7-11-19(18)29-20)23-28-12-8-4-5-9-17-14-26-22(2,27-15-17)21(24)25-3/h6-7,10-11,13,17H,4-5,8-9,12,14-15H2,1-3H3/b23-16-. The number of carbonyl (C=O) groups is 1. The molecule has 1 aliphatic rings. The third-order valence-corrected chi connectivity index (χ3v) is 5.08. The Hall–Kier alpha value is -2.38. The van der Waals surface area contributed by atoms with Crippen molar-refractivity contribution in [3.8, 4) is 0 Å². The molecule has 0 bridgehead atoms. The maximum atomic E-state index is 11.6. The summed E-state index contributed by atoms with van der Waals surface area (Å²) in [5.41, 5.74) is 1.57. The van der Waals surface area contributed by atoms with Gasteiger partial charge in [-0.2, -0.15) is 0 Å². The Balaban J connectivity index is 1.29. The Morgan fingerprint density at radius 3 is 2.69 bits per heavy atom. The van der Waals surface area contributed by atoms with E-state index in [0.29, 0.717) is 25.7 Å². The number of hydrogen-bond donors (Lipinski definition) is 0. The molecule has 7 heteroatoms. The molecule has 1 aromatic heterocycles. The summed E-state index contributed by atoms with van der Waals surface area (Å²) in [4.78, 5) is 17.1. The number of nitrogens with zero attached hydrogens (tertiary/aromatic N) is 1. The largest absolute Gasteiger partial charge is 0.465 e. The number of carbonyl (C=O) groups excluding carboxylic acids is 1. The molecule has 2 aromatic rings. The number of furan rings is 1. The number of methoxy groups -OCH3 is 1. The van der Waals surface area contributed by atoms with Gasteiger partial charge in [0.2, 0.25) is 0 Å². The zero-order valence-electron chi connectivity index (χ0n) is 17.3. The Bertz CT molecular complexity index is 802. The second-order valence-electron chi connectivity index (χ2n) is 7.43. The Morgan fingerprint density at radius 1 is 1.21 bits per heavy atom. The van der Waals surface area contributed by atoms with E-state index in [1.165, 1.54) is 7.11 Å². The van der Waals surface area contributed by atoms with E-state index in [0.717, 1.165) is 48.1 Å². The lowest BCUT2D eigenvalue weighted by atomic mass is 10.0. The molecule has 1 aromatic carbocycles. The average Bonchev–Trinajstić information content (AvgIpc) is 3.18. The predicted octanol–water partition coefficient (Wildman–Crippen LogP) is 4.29. The van der Waals surface area contributed by atoms with E-state index >= 15 is 0 Å². The van der Waals surface area contributed by atoms with E-state index in [2.05, 4.69) is 5.16 Å². The van der Waals surface area contributed by atoms with Crippen LogP contribution in [0.25, 0.3) is 11.0 Å². The maximum Gasteiger partial charge on any atom is 0.366 e. The third-order valence-electron chi connectivity index (χ3n) is 5.08. The number of para-hydroxylation sites is 1. The zero-order valence-corrected chi connectivity index (χ0v) is 17.3. The molecule has 1 fully saturated rings. The first-order chi connectivity index (χ1) is 14.0. The zero-order chi connectivity index (χ0) is 20.7. The van der Waals surface area contributed by atoms with Gasteiger partial charge in [0.15, 0.2) is 5.76 Å². The SMILES string of the molecule is COC(=O)C1(C)OCC(CCCCCO/N=C(/C)c2cc3ccccc3o2)CO1. The minimum atomic E-state index is -1.27. The molecule has 1 saturated heterocycles. The summed E-state index contributed by atoms with van der Waals surface area (Å²) in [7, 11) is 1.33. The molecule has 0 aliphatic carbocycles.